The number of ether oxygens (including phenoxy) is 3. The van der Waals surface area contributed by atoms with Crippen LogP contribution in [0, 0.1) is 0 Å². The minimum Gasteiger partial charge on any atom is -0.497 e. The maximum Gasteiger partial charge on any atom is 0.124 e. The molecule has 112 valence electrons. The number of methoxy groups -OCH3 is 3. The summed E-state index contributed by atoms with van der Waals surface area (Å²) < 4.78 is 16.2. The quantitative estimate of drug-likeness (QED) is 0.918. The summed E-state index contributed by atoms with van der Waals surface area (Å²) in [5.41, 5.74) is 7.58. The van der Waals surface area contributed by atoms with Crippen LogP contribution in [0.4, 0.5) is 0 Å². The molecule has 0 bridgehead atoms. The second kappa shape index (κ2) is 6.06. The molecule has 0 aliphatic rings. The lowest BCUT2D eigenvalue weighted by atomic mass is 9.84. The lowest BCUT2D eigenvalue weighted by molar-refractivity contribution is 0.379. The molecule has 2 rings (SSSR count). The molecule has 2 N–H and O–H groups in total. The molecule has 0 aliphatic carbocycles. The van der Waals surface area contributed by atoms with Crippen LogP contribution in [-0.4, -0.2) is 21.3 Å². The predicted octanol–water partition coefficient (Wildman–Crippen LogP) is 2.93. The molecule has 21 heavy (non-hydrogen) atoms. The van der Waals surface area contributed by atoms with Crippen LogP contribution >= 0.6 is 0 Å². The highest BCUT2D eigenvalue weighted by Gasteiger charge is 2.30. The van der Waals surface area contributed by atoms with Crippen LogP contribution in [0.3, 0.4) is 0 Å². The zero-order valence-corrected chi connectivity index (χ0v) is 12.8. The number of para-hydroxylation sites is 1. The summed E-state index contributed by atoms with van der Waals surface area (Å²) >= 11 is 0. The van der Waals surface area contributed by atoms with E-state index < -0.39 is 5.54 Å². The Bertz CT molecular complexity index is 623. The van der Waals surface area contributed by atoms with Crippen LogP contribution in [0.25, 0.3) is 0 Å². The van der Waals surface area contributed by atoms with Gasteiger partial charge in [-0.25, -0.2) is 0 Å². The first-order valence-electron chi connectivity index (χ1n) is 6.69. The van der Waals surface area contributed by atoms with Gasteiger partial charge in [0, 0.05) is 11.1 Å². The van der Waals surface area contributed by atoms with Crippen molar-refractivity contribution in [3.8, 4) is 17.2 Å². The molecule has 4 heteroatoms. The number of hydrogen-bond acceptors (Lipinski definition) is 4. The Morgan fingerprint density at radius 3 is 2.05 bits per heavy atom. The summed E-state index contributed by atoms with van der Waals surface area (Å²) in [7, 11) is 4.89. The molecule has 0 aromatic heterocycles. The van der Waals surface area contributed by atoms with Crippen molar-refractivity contribution in [2.24, 2.45) is 5.73 Å². The molecule has 0 heterocycles. The van der Waals surface area contributed by atoms with Crippen LogP contribution in [-0.2, 0) is 5.54 Å². The number of nitrogens with two attached hydrogens (primary N) is 1. The third-order valence-electron chi connectivity index (χ3n) is 3.63. The van der Waals surface area contributed by atoms with E-state index in [0.29, 0.717) is 5.75 Å². The molecule has 0 radical (unpaired) electrons. The van der Waals surface area contributed by atoms with Gasteiger partial charge in [-0.05, 0) is 31.2 Å². The zero-order chi connectivity index (χ0) is 15.5. The molecule has 0 aliphatic heterocycles. The summed E-state index contributed by atoms with van der Waals surface area (Å²) in [6.07, 6.45) is 0. The molecule has 0 saturated heterocycles. The molecule has 0 amide bonds. The van der Waals surface area contributed by atoms with Crippen LogP contribution in [0.15, 0.2) is 42.5 Å². The zero-order valence-electron chi connectivity index (χ0n) is 12.8. The largest absolute Gasteiger partial charge is 0.497 e. The average Bonchev–Trinajstić information content (AvgIpc) is 2.54. The van der Waals surface area contributed by atoms with Gasteiger partial charge >= 0.3 is 0 Å². The Morgan fingerprint density at radius 1 is 0.810 bits per heavy atom. The van der Waals surface area contributed by atoms with Gasteiger partial charge in [0.05, 0.1) is 26.9 Å². The maximum absolute atomic E-state index is 6.62. The minimum atomic E-state index is -0.771. The van der Waals surface area contributed by atoms with E-state index in [1.165, 1.54) is 0 Å². The summed E-state index contributed by atoms with van der Waals surface area (Å²) in [6, 6.07) is 13.3. The first-order chi connectivity index (χ1) is 10.0. The number of benzene rings is 2. The Hall–Kier alpha value is -2.20. The first kappa shape index (κ1) is 15.2. The maximum atomic E-state index is 6.62. The second-order valence-electron chi connectivity index (χ2n) is 4.97. The molecule has 2 aromatic rings. The van der Waals surface area contributed by atoms with Crippen molar-refractivity contribution in [1.82, 2.24) is 0 Å². The lowest BCUT2D eigenvalue weighted by Gasteiger charge is -2.29. The van der Waals surface area contributed by atoms with Crippen molar-refractivity contribution >= 4 is 0 Å². The van der Waals surface area contributed by atoms with Crippen molar-refractivity contribution < 1.29 is 14.2 Å². The smallest absolute Gasteiger partial charge is 0.124 e. The Balaban J connectivity index is 2.62. The van der Waals surface area contributed by atoms with E-state index in [2.05, 4.69) is 0 Å². The van der Waals surface area contributed by atoms with Gasteiger partial charge in [0.15, 0.2) is 0 Å². The Labute approximate surface area is 125 Å². The second-order valence-corrected chi connectivity index (χ2v) is 4.97. The lowest BCUT2D eigenvalue weighted by Crippen LogP contribution is -2.35. The van der Waals surface area contributed by atoms with Gasteiger partial charge in [0.25, 0.3) is 0 Å². The van der Waals surface area contributed by atoms with E-state index in [1.54, 1.807) is 21.3 Å². The van der Waals surface area contributed by atoms with Gasteiger partial charge in [-0.1, -0.05) is 18.2 Å². The van der Waals surface area contributed by atoms with Crippen molar-refractivity contribution in [3.05, 3.63) is 53.6 Å². The predicted molar refractivity (Wildman–Crippen MR) is 83.2 cm³/mol. The summed E-state index contributed by atoms with van der Waals surface area (Å²) in [5.74, 6) is 2.19. The highest BCUT2D eigenvalue weighted by molar-refractivity contribution is 5.52. The molecular formula is C17H21NO3. The monoisotopic (exact) mass is 287 g/mol. The molecular weight excluding hydrogens is 266 g/mol. The molecule has 0 saturated carbocycles. The Kier molecular flexibility index (Phi) is 4.38. The first-order valence-corrected chi connectivity index (χ1v) is 6.69. The van der Waals surface area contributed by atoms with E-state index in [1.807, 2.05) is 49.4 Å². The Morgan fingerprint density at radius 2 is 1.43 bits per heavy atom. The van der Waals surface area contributed by atoms with E-state index in [-0.39, 0.29) is 0 Å². The summed E-state index contributed by atoms with van der Waals surface area (Å²) in [6.45, 7) is 1.93. The van der Waals surface area contributed by atoms with Crippen molar-refractivity contribution in [3.63, 3.8) is 0 Å². The van der Waals surface area contributed by atoms with E-state index in [0.717, 1.165) is 22.6 Å². The number of rotatable bonds is 5. The van der Waals surface area contributed by atoms with Crippen molar-refractivity contribution in [2.45, 2.75) is 12.5 Å². The van der Waals surface area contributed by atoms with Gasteiger partial charge in [-0.2, -0.15) is 0 Å². The molecule has 0 spiro atoms. The van der Waals surface area contributed by atoms with E-state index in [9.17, 15) is 0 Å². The van der Waals surface area contributed by atoms with Gasteiger partial charge in [0.2, 0.25) is 0 Å². The molecule has 0 fully saturated rings. The topological polar surface area (TPSA) is 53.7 Å². The normalized spacial score (nSPS) is 13.4. The van der Waals surface area contributed by atoms with Crippen LogP contribution < -0.4 is 19.9 Å². The van der Waals surface area contributed by atoms with E-state index >= 15 is 0 Å². The molecule has 2 aromatic carbocycles. The summed E-state index contributed by atoms with van der Waals surface area (Å²) in [4.78, 5) is 0. The fraction of sp³-hybridized carbons (Fsp3) is 0.294. The van der Waals surface area contributed by atoms with Crippen molar-refractivity contribution in [1.29, 1.82) is 0 Å². The van der Waals surface area contributed by atoms with Crippen LogP contribution in [0.2, 0.25) is 0 Å². The fourth-order valence-electron chi connectivity index (χ4n) is 2.44. The number of hydrogen-bond donors (Lipinski definition) is 1. The third-order valence-corrected chi connectivity index (χ3v) is 3.63. The molecule has 4 nitrogen and oxygen atoms in total. The van der Waals surface area contributed by atoms with Crippen molar-refractivity contribution in [2.75, 3.05) is 21.3 Å². The highest BCUT2D eigenvalue weighted by Crippen LogP contribution is 2.39. The highest BCUT2D eigenvalue weighted by atomic mass is 16.5. The molecule has 1 unspecified atom stereocenters. The SMILES string of the molecule is COc1ccc(OC)c(C(C)(N)c2ccccc2OC)c1. The van der Waals surface area contributed by atoms with Gasteiger partial charge in [0.1, 0.15) is 17.2 Å². The molecule has 1 atom stereocenters. The van der Waals surface area contributed by atoms with Gasteiger partial charge < -0.3 is 19.9 Å². The minimum absolute atomic E-state index is 0.715. The van der Waals surface area contributed by atoms with E-state index in [4.69, 9.17) is 19.9 Å². The fourth-order valence-corrected chi connectivity index (χ4v) is 2.44. The van der Waals surface area contributed by atoms with Crippen LogP contribution in [0.5, 0.6) is 17.2 Å². The average molecular weight is 287 g/mol. The van der Waals surface area contributed by atoms with Crippen LogP contribution in [0.1, 0.15) is 18.1 Å². The standard InChI is InChI=1S/C17H21NO3/c1-17(18,13-7-5-6-8-15(13)20-3)14-11-12(19-2)9-10-16(14)21-4/h5-11H,18H2,1-4H3. The van der Waals surface area contributed by atoms with Gasteiger partial charge in [-0.15, -0.1) is 0 Å². The van der Waals surface area contributed by atoms with Gasteiger partial charge in [-0.3, -0.25) is 0 Å². The third kappa shape index (κ3) is 2.81. The summed E-state index contributed by atoms with van der Waals surface area (Å²) in [5, 5.41) is 0.